The van der Waals surface area contributed by atoms with Gasteiger partial charge in [0.25, 0.3) is 0 Å². The Morgan fingerprint density at radius 1 is 1.10 bits per heavy atom. The molecule has 7 nitrogen and oxygen atoms in total. The molecule has 0 bridgehead atoms. The van der Waals surface area contributed by atoms with E-state index in [1.807, 2.05) is 55.0 Å². The largest absolute Gasteiger partial charge is 0.328 e. The Morgan fingerprint density at radius 2 is 1.87 bits per heavy atom. The van der Waals surface area contributed by atoms with Crippen LogP contribution in [0, 0.1) is 0 Å². The summed E-state index contributed by atoms with van der Waals surface area (Å²) in [7, 11) is 0. The van der Waals surface area contributed by atoms with E-state index in [0.29, 0.717) is 6.54 Å². The minimum Gasteiger partial charge on any atom is -0.296 e. The Hall–Kier alpha value is -3.74. The first kappa shape index (κ1) is 20.5. The normalized spacial score (nSPS) is 11.2. The van der Waals surface area contributed by atoms with Gasteiger partial charge >= 0.3 is 5.69 Å². The molecule has 0 N–H and O–H groups in total. The molecule has 0 aliphatic rings. The molecule has 31 heavy (non-hydrogen) atoms. The quantitative estimate of drug-likeness (QED) is 0.408. The van der Waals surface area contributed by atoms with Crippen molar-refractivity contribution in [1.82, 2.24) is 29.3 Å². The average Bonchev–Trinajstić information content (AvgIpc) is 3.42. The molecular weight excluding hydrogens is 388 g/mol. The van der Waals surface area contributed by atoms with Gasteiger partial charge in [-0.25, -0.2) is 4.79 Å². The van der Waals surface area contributed by atoms with Crippen LogP contribution in [0.5, 0.6) is 0 Å². The average molecular weight is 415 g/mol. The van der Waals surface area contributed by atoms with Crippen molar-refractivity contribution >= 4 is 0 Å². The van der Waals surface area contributed by atoms with Gasteiger partial charge in [-0.15, -0.1) is 11.7 Å². The smallest absolute Gasteiger partial charge is 0.296 e. The Balaban J connectivity index is 1.64. The van der Waals surface area contributed by atoms with E-state index < -0.39 is 0 Å². The van der Waals surface area contributed by atoms with Crippen LogP contribution in [-0.2, 0) is 13.0 Å². The van der Waals surface area contributed by atoms with Gasteiger partial charge in [0.2, 0.25) is 0 Å². The van der Waals surface area contributed by atoms with Gasteiger partial charge < -0.3 is 0 Å². The number of benzene rings is 2. The first-order valence-corrected chi connectivity index (χ1v) is 10.4. The molecular formula is C24H26N6O. The molecule has 158 valence electrons. The number of allylic oxidation sites excluding steroid dienone is 1. The molecule has 7 heteroatoms. The Bertz CT molecular complexity index is 1220. The van der Waals surface area contributed by atoms with Crippen molar-refractivity contribution in [2.75, 3.05) is 0 Å². The van der Waals surface area contributed by atoms with E-state index in [2.05, 4.69) is 46.4 Å². The lowest BCUT2D eigenvalue weighted by atomic mass is 10.0. The molecule has 0 aliphatic carbocycles. The summed E-state index contributed by atoms with van der Waals surface area (Å²) < 4.78 is 5.33. The van der Waals surface area contributed by atoms with Gasteiger partial charge in [0.15, 0.2) is 0 Å². The molecule has 0 amide bonds. The van der Waals surface area contributed by atoms with E-state index in [-0.39, 0.29) is 11.7 Å². The summed E-state index contributed by atoms with van der Waals surface area (Å²) >= 11 is 0. The zero-order valence-corrected chi connectivity index (χ0v) is 17.8. The van der Waals surface area contributed by atoms with Gasteiger partial charge in [0, 0.05) is 23.5 Å². The molecule has 0 unspecified atom stereocenters. The van der Waals surface area contributed by atoms with Crippen LogP contribution < -0.4 is 5.69 Å². The number of nitrogens with zero attached hydrogens (tertiary/aromatic N) is 6. The Kier molecular flexibility index (Phi) is 5.93. The molecule has 0 radical (unpaired) electrons. The molecule has 0 atom stereocenters. The van der Waals surface area contributed by atoms with Crippen molar-refractivity contribution in [2.45, 2.75) is 39.3 Å². The fraction of sp³-hybridized carbons (Fsp3) is 0.250. The van der Waals surface area contributed by atoms with Crippen LogP contribution in [0.2, 0.25) is 0 Å². The molecule has 2 aromatic carbocycles. The number of aromatic nitrogens is 6. The van der Waals surface area contributed by atoms with E-state index >= 15 is 0 Å². The van der Waals surface area contributed by atoms with E-state index in [1.165, 1.54) is 0 Å². The van der Waals surface area contributed by atoms with Crippen LogP contribution in [0.1, 0.15) is 37.6 Å². The number of para-hydroxylation sites is 1. The number of aryl methyl sites for hydroxylation is 1. The third-order valence-electron chi connectivity index (χ3n) is 5.35. The summed E-state index contributed by atoms with van der Waals surface area (Å²) in [5.74, 6) is 0. The van der Waals surface area contributed by atoms with E-state index in [1.54, 1.807) is 15.6 Å². The number of hydrogen-bond acceptors (Lipinski definition) is 4. The summed E-state index contributed by atoms with van der Waals surface area (Å²) in [6, 6.07) is 16.4. The maximum absolute atomic E-state index is 12.9. The van der Waals surface area contributed by atoms with Crippen molar-refractivity contribution in [2.24, 2.45) is 0 Å². The van der Waals surface area contributed by atoms with Gasteiger partial charge in [0.05, 0.1) is 12.2 Å². The van der Waals surface area contributed by atoms with Crippen molar-refractivity contribution in [1.29, 1.82) is 0 Å². The zero-order valence-electron chi connectivity index (χ0n) is 17.8. The van der Waals surface area contributed by atoms with Crippen molar-refractivity contribution in [3.05, 3.63) is 95.5 Å². The first-order valence-electron chi connectivity index (χ1n) is 10.4. The van der Waals surface area contributed by atoms with Gasteiger partial charge in [-0.3, -0.25) is 9.13 Å². The second-order valence-corrected chi connectivity index (χ2v) is 7.79. The van der Waals surface area contributed by atoms with Gasteiger partial charge in [-0.2, -0.15) is 4.68 Å². The van der Waals surface area contributed by atoms with E-state index in [9.17, 15) is 4.79 Å². The molecule has 4 rings (SSSR count). The molecule has 2 aromatic heterocycles. The van der Waals surface area contributed by atoms with Gasteiger partial charge in [0.1, 0.15) is 6.33 Å². The lowest BCUT2D eigenvalue weighted by molar-refractivity contribution is 0.560. The Morgan fingerprint density at radius 3 is 2.55 bits per heavy atom. The number of imidazole rings is 1. The lowest BCUT2D eigenvalue weighted by Gasteiger charge is -2.11. The maximum Gasteiger partial charge on any atom is 0.328 e. The third-order valence-corrected chi connectivity index (χ3v) is 5.35. The fourth-order valence-corrected chi connectivity index (χ4v) is 3.70. The van der Waals surface area contributed by atoms with Gasteiger partial charge in [-0.1, -0.05) is 48.5 Å². The van der Waals surface area contributed by atoms with Crippen molar-refractivity contribution < 1.29 is 0 Å². The zero-order chi connectivity index (χ0) is 21.8. The highest BCUT2D eigenvalue weighted by Crippen LogP contribution is 2.26. The van der Waals surface area contributed by atoms with Gasteiger partial charge in [-0.05, 0) is 54.3 Å². The van der Waals surface area contributed by atoms with Crippen LogP contribution in [0.3, 0.4) is 0 Å². The first-order chi connectivity index (χ1) is 15.1. The highest BCUT2D eigenvalue weighted by molar-refractivity contribution is 5.72. The number of hydrogen-bond donors (Lipinski definition) is 0. The summed E-state index contributed by atoms with van der Waals surface area (Å²) in [5, 5.41) is 11.5. The minimum absolute atomic E-state index is 0.0298. The van der Waals surface area contributed by atoms with E-state index in [4.69, 9.17) is 0 Å². The van der Waals surface area contributed by atoms with Crippen LogP contribution in [0.15, 0.2) is 78.5 Å². The highest BCUT2D eigenvalue weighted by Gasteiger charge is 2.14. The molecule has 0 saturated carbocycles. The van der Waals surface area contributed by atoms with Crippen molar-refractivity contribution in [3.63, 3.8) is 0 Å². The lowest BCUT2D eigenvalue weighted by Crippen LogP contribution is -2.26. The SMILES string of the molecule is C=CCCc1cn(C(C)C)c(=O)n1Cc1ccc(-c2ccccc2-n2cnnn2)cc1. The van der Waals surface area contributed by atoms with Crippen LogP contribution in [0.25, 0.3) is 16.8 Å². The van der Waals surface area contributed by atoms with Crippen LogP contribution in [-0.4, -0.2) is 29.3 Å². The second kappa shape index (κ2) is 8.95. The summed E-state index contributed by atoms with van der Waals surface area (Å²) in [4.78, 5) is 12.9. The monoisotopic (exact) mass is 414 g/mol. The maximum atomic E-state index is 12.9. The molecule has 0 fully saturated rings. The third kappa shape index (κ3) is 4.26. The molecule has 2 heterocycles. The van der Waals surface area contributed by atoms with E-state index in [0.717, 1.165) is 40.9 Å². The second-order valence-electron chi connectivity index (χ2n) is 7.79. The van der Waals surface area contributed by atoms with Crippen LogP contribution >= 0.6 is 0 Å². The fourth-order valence-electron chi connectivity index (χ4n) is 3.70. The number of rotatable bonds is 8. The summed E-state index contributed by atoms with van der Waals surface area (Å²) in [6.45, 7) is 8.41. The topological polar surface area (TPSA) is 70.5 Å². The predicted octanol–water partition coefficient (Wildman–Crippen LogP) is 4.04. The Labute approximate surface area is 181 Å². The molecule has 0 aliphatic heterocycles. The van der Waals surface area contributed by atoms with Crippen molar-refractivity contribution in [3.8, 4) is 16.8 Å². The highest BCUT2D eigenvalue weighted by atomic mass is 16.1. The van der Waals surface area contributed by atoms with Crippen LogP contribution in [0.4, 0.5) is 0 Å². The summed E-state index contributed by atoms with van der Waals surface area (Å²) in [6.07, 6.45) is 7.10. The summed E-state index contributed by atoms with van der Waals surface area (Å²) in [5.41, 5.74) is 5.16. The number of tetrazole rings is 1. The molecule has 4 aromatic rings. The standard InChI is InChI=1S/C24H26N6O/c1-4-5-8-21-16-28(18(2)3)24(31)29(21)15-19-11-13-20(14-12-19)22-9-6-7-10-23(22)30-17-25-26-27-30/h4,6-7,9-14,16-18H,1,5,8,15H2,2-3H3. The molecule has 0 spiro atoms. The predicted molar refractivity (Wildman–Crippen MR) is 121 cm³/mol. The molecule has 0 saturated heterocycles. The minimum atomic E-state index is 0.0298.